The quantitative estimate of drug-likeness (QED) is 0.0349. The van der Waals surface area contributed by atoms with Crippen LogP contribution in [-0.4, -0.2) is 100 Å². The molecule has 0 aliphatic carbocycles. The predicted molar refractivity (Wildman–Crippen MR) is 256 cm³/mol. The van der Waals surface area contributed by atoms with E-state index in [0.29, 0.717) is 85.2 Å². The number of anilines is 2. The van der Waals surface area contributed by atoms with Crippen molar-refractivity contribution < 1.29 is 52.4 Å². The zero-order chi connectivity index (χ0) is 48.5. The fraction of sp³-hybridized carbons (Fsp3) is 0.380. The molecule has 18 nitrogen and oxygen atoms in total. The van der Waals surface area contributed by atoms with E-state index in [1.165, 1.54) is 0 Å². The van der Waals surface area contributed by atoms with E-state index in [-0.39, 0.29) is 36.7 Å². The van der Waals surface area contributed by atoms with Gasteiger partial charge in [-0.2, -0.15) is 9.97 Å². The number of rotatable bonds is 21. The molecule has 0 unspecified atom stereocenters. The summed E-state index contributed by atoms with van der Waals surface area (Å²) in [5.74, 6) is -0.445. The van der Waals surface area contributed by atoms with Crippen LogP contribution in [0, 0.1) is 0 Å². The second kappa shape index (κ2) is 24.2. The summed E-state index contributed by atoms with van der Waals surface area (Å²) in [5, 5.41) is 28.4. The van der Waals surface area contributed by atoms with Crippen molar-refractivity contribution in [1.82, 2.24) is 20.6 Å². The SMILES string of the molecule is CCOC(=O)CCCOc1ccc(C[C@@H](C(=O)O)N(c2nc3ccccc3o2)C(C)(C)C)cc1.O=C(CCCOc1ccc(C[C@H](Nc2nc3ccccc3o2)C(=O)O)cc1)NC1=NCCCN1. The number of hydrogen-bond donors (Lipinski definition) is 5. The van der Waals surface area contributed by atoms with E-state index in [1.54, 1.807) is 48.2 Å². The molecule has 18 heteroatoms. The van der Waals surface area contributed by atoms with Gasteiger partial charge in [0, 0.05) is 44.3 Å². The number of hydrogen-bond acceptors (Lipinski definition) is 15. The standard InChI is InChI=1S/C26H32N2O6.C24H27N5O5/c1-5-32-23(29)11-8-16-33-19-14-12-18(13-15-19)17-21(24(30)31)28(26(2,3)4)25-27-20-9-6-7-10-22(20)34-25;30-21(29-23-25-12-4-13-26-23)7-3-14-33-17-10-8-16(9-11-17)15-19(22(31)32)28-24-27-18-5-1-2-6-20(18)34-24/h6-7,9-10,12-15,21H,5,8,11,16-17H2,1-4H3,(H,30,31);1-2,5-6,8-11,19H,3-4,7,12-15H2,(H,27,28)(H,31,32)(H2,25,26,29,30)/t21-;19-/m00/s1. The number of carboxylic acid groups (broad SMARTS) is 2. The Hall–Kier alpha value is -7.63. The number of guanidine groups is 1. The largest absolute Gasteiger partial charge is 0.494 e. The maximum absolute atomic E-state index is 12.3. The Bertz CT molecular complexity index is 2550. The van der Waals surface area contributed by atoms with Crippen molar-refractivity contribution in [2.45, 2.75) is 90.3 Å². The number of benzene rings is 4. The monoisotopic (exact) mass is 933 g/mol. The molecule has 0 radical (unpaired) electrons. The molecule has 6 aromatic rings. The van der Waals surface area contributed by atoms with Gasteiger partial charge in [0.15, 0.2) is 17.1 Å². The molecule has 4 aromatic carbocycles. The van der Waals surface area contributed by atoms with Gasteiger partial charge in [0.1, 0.15) is 34.6 Å². The number of ether oxygens (including phenoxy) is 3. The molecular weight excluding hydrogens is 875 g/mol. The Kier molecular flexibility index (Phi) is 17.7. The zero-order valence-corrected chi connectivity index (χ0v) is 38.7. The Morgan fingerprint density at radius 2 is 1.35 bits per heavy atom. The van der Waals surface area contributed by atoms with Crippen molar-refractivity contribution in [3.8, 4) is 11.5 Å². The number of carbonyl (C=O) groups is 4. The van der Waals surface area contributed by atoms with Crippen LogP contribution in [0.2, 0.25) is 0 Å². The van der Waals surface area contributed by atoms with Crippen molar-refractivity contribution in [1.29, 1.82) is 0 Å². The topological polar surface area (TPSA) is 240 Å². The van der Waals surface area contributed by atoms with Crippen LogP contribution in [0.4, 0.5) is 12.0 Å². The predicted octanol–water partition coefficient (Wildman–Crippen LogP) is 7.41. The van der Waals surface area contributed by atoms with Gasteiger partial charge in [0.25, 0.3) is 12.0 Å². The molecule has 1 aliphatic rings. The average molecular weight is 934 g/mol. The van der Waals surface area contributed by atoms with Crippen molar-refractivity contribution >= 4 is 64.0 Å². The summed E-state index contributed by atoms with van der Waals surface area (Å²) in [6, 6.07) is 27.8. The number of aliphatic imine (C=N–C) groups is 1. The van der Waals surface area contributed by atoms with Crippen LogP contribution in [0.3, 0.4) is 0 Å². The highest BCUT2D eigenvalue weighted by atomic mass is 16.5. The number of aromatic nitrogens is 2. The summed E-state index contributed by atoms with van der Waals surface area (Å²) >= 11 is 0. The van der Waals surface area contributed by atoms with Crippen molar-refractivity contribution in [2.24, 2.45) is 4.99 Å². The molecule has 0 saturated carbocycles. The minimum absolute atomic E-state index is 0.0988. The maximum Gasteiger partial charge on any atom is 0.326 e. The van der Waals surface area contributed by atoms with E-state index < -0.39 is 29.6 Å². The van der Waals surface area contributed by atoms with Crippen LogP contribution in [0.1, 0.15) is 70.9 Å². The molecular formula is C50H59N7O11. The Morgan fingerprint density at radius 1 is 0.765 bits per heavy atom. The molecule has 0 bridgehead atoms. The first-order valence-electron chi connectivity index (χ1n) is 22.7. The number of nitrogens with zero attached hydrogens (tertiary/aromatic N) is 4. The molecule has 0 saturated heterocycles. The molecule has 2 atom stereocenters. The number of nitrogens with one attached hydrogen (secondary N) is 3. The first-order chi connectivity index (χ1) is 32.7. The van der Waals surface area contributed by atoms with Crippen LogP contribution < -0.4 is 30.3 Å². The van der Waals surface area contributed by atoms with E-state index in [2.05, 4.69) is 30.9 Å². The molecule has 68 heavy (non-hydrogen) atoms. The fourth-order valence-corrected chi connectivity index (χ4v) is 7.20. The summed E-state index contributed by atoms with van der Waals surface area (Å²) in [6.45, 7) is 10.3. The lowest BCUT2D eigenvalue weighted by Gasteiger charge is -2.38. The van der Waals surface area contributed by atoms with Gasteiger partial charge in [-0.25, -0.2) is 9.59 Å². The van der Waals surface area contributed by atoms with Crippen molar-refractivity contribution in [3.05, 3.63) is 108 Å². The summed E-state index contributed by atoms with van der Waals surface area (Å²) < 4.78 is 27.8. The number of para-hydroxylation sites is 4. The lowest BCUT2D eigenvalue weighted by atomic mass is 9.98. The number of amides is 1. The Balaban J connectivity index is 0.000000224. The lowest BCUT2D eigenvalue weighted by Crippen LogP contribution is -2.53. The van der Waals surface area contributed by atoms with Crippen molar-refractivity contribution in [2.75, 3.05) is 43.1 Å². The third kappa shape index (κ3) is 14.9. The lowest BCUT2D eigenvalue weighted by molar-refractivity contribution is -0.143. The summed E-state index contributed by atoms with van der Waals surface area (Å²) in [7, 11) is 0. The summed E-state index contributed by atoms with van der Waals surface area (Å²) in [5.41, 5.74) is 3.66. The Morgan fingerprint density at radius 3 is 1.90 bits per heavy atom. The zero-order valence-electron chi connectivity index (χ0n) is 38.7. The van der Waals surface area contributed by atoms with Gasteiger partial charge in [-0.1, -0.05) is 48.5 Å². The second-order valence-electron chi connectivity index (χ2n) is 16.8. The highest BCUT2D eigenvalue weighted by molar-refractivity contribution is 5.97. The number of carbonyl (C=O) groups excluding carboxylic acids is 2. The Labute approximate surface area is 394 Å². The fourth-order valence-electron chi connectivity index (χ4n) is 7.20. The summed E-state index contributed by atoms with van der Waals surface area (Å²) in [6.07, 6.45) is 3.24. The highest BCUT2D eigenvalue weighted by Crippen LogP contribution is 2.31. The van der Waals surface area contributed by atoms with E-state index in [0.717, 1.165) is 30.6 Å². The van der Waals surface area contributed by atoms with Crippen LogP contribution in [0.5, 0.6) is 11.5 Å². The molecule has 0 spiro atoms. The molecule has 1 amide bonds. The number of oxazole rings is 2. The molecule has 0 fully saturated rings. The molecule has 3 heterocycles. The van der Waals surface area contributed by atoms with Gasteiger partial charge in [0.05, 0.1) is 19.8 Å². The third-order valence-electron chi connectivity index (χ3n) is 10.5. The second-order valence-corrected chi connectivity index (χ2v) is 16.8. The van der Waals surface area contributed by atoms with E-state index in [1.807, 2.05) is 81.4 Å². The van der Waals surface area contributed by atoms with E-state index in [9.17, 15) is 29.4 Å². The van der Waals surface area contributed by atoms with Crippen LogP contribution >= 0.6 is 0 Å². The normalized spacial score (nSPS) is 13.2. The van der Waals surface area contributed by atoms with Gasteiger partial charge >= 0.3 is 17.9 Å². The van der Waals surface area contributed by atoms with Crippen LogP contribution in [-0.2, 0) is 36.8 Å². The van der Waals surface area contributed by atoms with E-state index >= 15 is 0 Å². The number of aliphatic carboxylic acids is 2. The smallest absolute Gasteiger partial charge is 0.326 e. The summed E-state index contributed by atoms with van der Waals surface area (Å²) in [4.78, 5) is 62.2. The average Bonchev–Trinajstić information content (AvgIpc) is 3.94. The number of esters is 1. The van der Waals surface area contributed by atoms with E-state index in [4.69, 9.17) is 23.0 Å². The van der Waals surface area contributed by atoms with Gasteiger partial charge in [-0.05, 0) is 107 Å². The molecule has 360 valence electrons. The van der Waals surface area contributed by atoms with Gasteiger partial charge in [-0.3, -0.25) is 19.9 Å². The minimum Gasteiger partial charge on any atom is -0.494 e. The number of fused-ring (bicyclic) bond motifs is 2. The number of carboxylic acids is 2. The van der Waals surface area contributed by atoms with Gasteiger partial charge in [-0.15, -0.1) is 0 Å². The third-order valence-corrected chi connectivity index (χ3v) is 10.5. The maximum atomic E-state index is 12.3. The van der Waals surface area contributed by atoms with Gasteiger partial charge in [0.2, 0.25) is 5.91 Å². The van der Waals surface area contributed by atoms with Crippen LogP contribution in [0.15, 0.2) is 111 Å². The highest BCUT2D eigenvalue weighted by Gasteiger charge is 2.37. The van der Waals surface area contributed by atoms with Gasteiger partial charge < -0.3 is 48.8 Å². The van der Waals surface area contributed by atoms with Crippen LogP contribution in [0.25, 0.3) is 22.2 Å². The molecule has 2 aromatic heterocycles. The van der Waals surface area contributed by atoms with Crippen molar-refractivity contribution in [3.63, 3.8) is 0 Å². The molecule has 5 N–H and O–H groups in total. The first kappa shape index (κ1) is 49.8. The molecule has 7 rings (SSSR count). The minimum atomic E-state index is -1.00. The molecule has 1 aliphatic heterocycles. The first-order valence-corrected chi connectivity index (χ1v) is 22.7.